The lowest BCUT2D eigenvalue weighted by Crippen LogP contribution is -2.45. The second kappa shape index (κ2) is 8.48. The van der Waals surface area contributed by atoms with Crippen LogP contribution in [0.3, 0.4) is 0 Å². The lowest BCUT2D eigenvalue weighted by atomic mass is 9.81. The summed E-state index contributed by atoms with van der Waals surface area (Å²) in [5, 5.41) is 2.95. The molecule has 0 rings (SSSR count). The molecule has 4 heteroatoms. The molecule has 0 saturated carbocycles. The Labute approximate surface area is 105 Å². The molecule has 4 nitrogen and oxygen atoms in total. The van der Waals surface area contributed by atoms with E-state index in [1.165, 1.54) is 0 Å². The van der Waals surface area contributed by atoms with Crippen molar-refractivity contribution in [2.24, 2.45) is 11.1 Å². The van der Waals surface area contributed by atoms with E-state index in [-0.39, 0.29) is 17.4 Å². The van der Waals surface area contributed by atoms with Gasteiger partial charge in [0.15, 0.2) is 0 Å². The molecule has 0 saturated heterocycles. The molecule has 0 heterocycles. The predicted octanol–water partition coefficient (Wildman–Crippen LogP) is 1.68. The van der Waals surface area contributed by atoms with Crippen LogP contribution in [-0.2, 0) is 9.53 Å². The molecule has 0 aromatic rings. The van der Waals surface area contributed by atoms with E-state index in [2.05, 4.69) is 5.32 Å². The van der Waals surface area contributed by atoms with E-state index in [4.69, 9.17) is 10.5 Å². The summed E-state index contributed by atoms with van der Waals surface area (Å²) in [7, 11) is 0. The van der Waals surface area contributed by atoms with Crippen LogP contribution in [0, 0.1) is 5.41 Å². The number of amides is 1. The number of ether oxygens (including phenoxy) is 1. The standard InChI is InChI=1S/C13H28N2O2/c1-5-13(6-2,10-14)12(16)15-8-7-9-17-11(3)4/h11H,5-10,14H2,1-4H3,(H,15,16). The van der Waals surface area contributed by atoms with Crippen LogP contribution in [0.15, 0.2) is 0 Å². The Morgan fingerprint density at radius 2 is 1.94 bits per heavy atom. The molecule has 0 aliphatic carbocycles. The molecule has 0 unspecified atom stereocenters. The summed E-state index contributed by atoms with van der Waals surface area (Å²) in [6.45, 7) is 9.79. The molecule has 0 aliphatic rings. The summed E-state index contributed by atoms with van der Waals surface area (Å²) in [6, 6.07) is 0. The van der Waals surface area contributed by atoms with Crippen molar-refractivity contribution in [3.8, 4) is 0 Å². The minimum atomic E-state index is -0.390. The highest BCUT2D eigenvalue weighted by Crippen LogP contribution is 2.24. The van der Waals surface area contributed by atoms with Crippen LogP contribution in [0.4, 0.5) is 0 Å². The molecule has 0 aromatic carbocycles. The van der Waals surface area contributed by atoms with Crippen LogP contribution in [0.2, 0.25) is 0 Å². The largest absolute Gasteiger partial charge is 0.379 e. The SMILES string of the molecule is CCC(CC)(CN)C(=O)NCCCOC(C)C. The molecule has 17 heavy (non-hydrogen) atoms. The summed E-state index contributed by atoms with van der Waals surface area (Å²) in [5.74, 6) is 0.0783. The van der Waals surface area contributed by atoms with Crippen molar-refractivity contribution in [1.29, 1.82) is 0 Å². The Morgan fingerprint density at radius 1 is 1.35 bits per heavy atom. The van der Waals surface area contributed by atoms with Gasteiger partial charge in [-0.1, -0.05) is 13.8 Å². The average molecular weight is 244 g/mol. The van der Waals surface area contributed by atoms with Gasteiger partial charge in [0.2, 0.25) is 5.91 Å². The third-order valence-corrected chi connectivity index (χ3v) is 3.28. The van der Waals surface area contributed by atoms with Crippen molar-refractivity contribution >= 4 is 5.91 Å². The summed E-state index contributed by atoms with van der Waals surface area (Å²) in [5.41, 5.74) is 5.32. The molecule has 1 amide bonds. The van der Waals surface area contributed by atoms with E-state index in [1.807, 2.05) is 27.7 Å². The van der Waals surface area contributed by atoms with Gasteiger partial charge < -0.3 is 15.8 Å². The van der Waals surface area contributed by atoms with Gasteiger partial charge >= 0.3 is 0 Å². The highest BCUT2D eigenvalue weighted by molar-refractivity contribution is 5.82. The third-order valence-electron chi connectivity index (χ3n) is 3.28. The lowest BCUT2D eigenvalue weighted by molar-refractivity contribution is -0.131. The van der Waals surface area contributed by atoms with Gasteiger partial charge in [-0.15, -0.1) is 0 Å². The van der Waals surface area contributed by atoms with Gasteiger partial charge in [0.1, 0.15) is 0 Å². The topological polar surface area (TPSA) is 64.4 Å². The van der Waals surface area contributed by atoms with Gasteiger partial charge in [-0.2, -0.15) is 0 Å². The maximum atomic E-state index is 12.0. The number of nitrogens with two attached hydrogens (primary N) is 1. The van der Waals surface area contributed by atoms with Crippen LogP contribution in [0.5, 0.6) is 0 Å². The van der Waals surface area contributed by atoms with Crippen molar-refractivity contribution in [3.05, 3.63) is 0 Å². The first-order chi connectivity index (χ1) is 8.02. The van der Waals surface area contributed by atoms with Gasteiger partial charge in [0, 0.05) is 19.7 Å². The van der Waals surface area contributed by atoms with Gasteiger partial charge in [-0.05, 0) is 33.1 Å². The second-order valence-electron chi connectivity index (χ2n) is 4.72. The summed E-state index contributed by atoms with van der Waals surface area (Å²) < 4.78 is 5.41. The van der Waals surface area contributed by atoms with Crippen molar-refractivity contribution in [1.82, 2.24) is 5.32 Å². The maximum absolute atomic E-state index is 12.0. The minimum absolute atomic E-state index is 0.0783. The van der Waals surface area contributed by atoms with E-state index in [9.17, 15) is 4.79 Å². The smallest absolute Gasteiger partial charge is 0.227 e. The first-order valence-electron chi connectivity index (χ1n) is 6.62. The number of hydrogen-bond acceptors (Lipinski definition) is 3. The first kappa shape index (κ1) is 16.4. The number of hydrogen-bond donors (Lipinski definition) is 2. The fourth-order valence-electron chi connectivity index (χ4n) is 1.73. The van der Waals surface area contributed by atoms with Crippen molar-refractivity contribution in [3.63, 3.8) is 0 Å². The summed E-state index contributed by atoms with van der Waals surface area (Å²) >= 11 is 0. The molecule has 0 aliphatic heterocycles. The zero-order valence-electron chi connectivity index (χ0n) is 11.7. The molecule has 0 aromatic heterocycles. The van der Waals surface area contributed by atoms with E-state index < -0.39 is 0 Å². The summed E-state index contributed by atoms with van der Waals surface area (Å²) in [6.07, 6.45) is 2.67. The van der Waals surface area contributed by atoms with Gasteiger partial charge in [0.25, 0.3) is 0 Å². The molecule has 0 atom stereocenters. The number of rotatable bonds is 9. The maximum Gasteiger partial charge on any atom is 0.227 e. The highest BCUT2D eigenvalue weighted by atomic mass is 16.5. The predicted molar refractivity (Wildman–Crippen MR) is 70.8 cm³/mol. The fraction of sp³-hybridized carbons (Fsp3) is 0.923. The van der Waals surface area contributed by atoms with E-state index >= 15 is 0 Å². The fourth-order valence-corrected chi connectivity index (χ4v) is 1.73. The monoisotopic (exact) mass is 244 g/mol. The molecular formula is C13H28N2O2. The third kappa shape index (κ3) is 5.50. The molecule has 102 valence electrons. The zero-order chi connectivity index (χ0) is 13.3. The van der Waals surface area contributed by atoms with Gasteiger partial charge in [-0.25, -0.2) is 0 Å². The quantitative estimate of drug-likeness (QED) is 0.607. The average Bonchev–Trinajstić information content (AvgIpc) is 2.31. The Balaban J connectivity index is 3.91. The molecule has 0 fully saturated rings. The number of carbonyl (C=O) groups excluding carboxylic acids is 1. The van der Waals surface area contributed by atoms with Crippen LogP contribution in [0.25, 0.3) is 0 Å². The normalized spacial score (nSPS) is 11.9. The van der Waals surface area contributed by atoms with Crippen LogP contribution in [-0.4, -0.2) is 31.7 Å². The van der Waals surface area contributed by atoms with Crippen LogP contribution < -0.4 is 11.1 Å². The van der Waals surface area contributed by atoms with E-state index in [1.54, 1.807) is 0 Å². The molecular weight excluding hydrogens is 216 g/mol. The Hall–Kier alpha value is -0.610. The van der Waals surface area contributed by atoms with Gasteiger partial charge in [0.05, 0.1) is 11.5 Å². The van der Waals surface area contributed by atoms with Crippen molar-refractivity contribution in [2.45, 2.75) is 53.1 Å². The van der Waals surface area contributed by atoms with Crippen molar-refractivity contribution < 1.29 is 9.53 Å². The summed E-state index contributed by atoms with van der Waals surface area (Å²) in [4.78, 5) is 12.0. The first-order valence-corrected chi connectivity index (χ1v) is 6.62. The Kier molecular flexibility index (Phi) is 8.17. The van der Waals surface area contributed by atoms with Crippen LogP contribution >= 0.6 is 0 Å². The molecule has 3 N–H and O–H groups in total. The minimum Gasteiger partial charge on any atom is -0.379 e. The Bertz CT molecular complexity index is 205. The Morgan fingerprint density at radius 3 is 2.35 bits per heavy atom. The van der Waals surface area contributed by atoms with E-state index in [0.29, 0.717) is 19.7 Å². The molecule has 0 radical (unpaired) electrons. The van der Waals surface area contributed by atoms with E-state index in [0.717, 1.165) is 19.3 Å². The van der Waals surface area contributed by atoms with Crippen LogP contribution in [0.1, 0.15) is 47.0 Å². The van der Waals surface area contributed by atoms with Crippen molar-refractivity contribution in [2.75, 3.05) is 19.7 Å². The molecule has 0 spiro atoms. The van der Waals surface area contributed by atoms with Gasteiger partial charge in [-0.3, -0.25) is 4.79 Å². The highest BCUT2D eigenvalue weighted by Gasteiger charge is 2.32. The lowest BCUT2D eigenvalue weighted by Gasteiger charge is -2.28. The molecule has 0 bridgehead atoms. The zero-order valence-corrected chi connectivity index (χ0v) is 11.7. The number of nitrogens with one attached hydrogen (secondary N) is 1. The number of carbonyl (C=O) groups is 1. The second-order valence-corrected chi connectivity index (χ2v) is 4.72.